The maximum Gasteiger partial charge on any atom is 0.351 e. The number of hydrogen-bond donors (Lipinski definition) is 2. The average molecular weight is 661 g/mol. The van der Waals surface area contributed by atoms with Gasteiger partial charge in [0.15, 0.2) is 23.0 Å². The lowest BCUT2D eigenvalue weighted by Crippen LogP contribution is -2.49. The monoisotopic (exact) mass is 660 g/mol. The zero-order valence-corrected chi connectivity index (χ0v) is 26.4. The molecular formula is C34H28O14. The second-order valence-corrected chi connectivity index (χ2v) is 10.6. The summed E-state index contributed by atoms with van der Waals surface area (Å²) in [5.74, 6) is -7.01. The van der Waals surface area contributed by atoms with E-state index in [0.717, 1.165) is 38.5 Å². The van der Waals surface area contributed by atoms with E-state index in [1.807, 2.05) is 0 Å². The molecule has 2 N–H and O–H groups in total. The molecule has 0 saturated heterocycles. The second kappa shape index (κ2) is 12.5. The molecule has 0 aromatic heterocycles. The summed E-state index contributed by atoms with van der Waals surface area (Å²) in [4.78, 5) is 65.9. The van der Waals surface area contributed by atoms with E-state index in [2.05, 4.69) is 0 Å². The number of carbonyl (C=O) groups is 5. The summed E-state index contributed by atoms with van der Waals surface area (Å²) in [5, 5.41) is 21.1. The first-order chi connectivity index (χ1) is 22.8. The Labute approximate surface area is 272 Å². The molecule has 0 saturated carbocycles. The number of Topliss-reactive ketones (excluding diaryl/α,β-unsaturated/α-hetero) is 1. The molecule has 14 heteroatoms. The number of aromatic hydroxyl groups is 2. The van der Waals surface area contributed by atoms with Crippen molar-refractivity contribution in [3.8, 4) is 40.2 Å². The molecule has 1 aliphatic heterocycles. The van der Waals surface area contributed by atoms with Gasteiger partial charge in [0.2, 0.25) is 5.78 Å². The van der Waals surface area contributed by atoms with E-state index >= 15 is 0 Å². The molecule has 48 heavy (non-hydrogen) atoms. The predicted octanol–water partition coefficient (Wildman–Crippen LogP) is 4.05. The summed E-state index contributed by atoms with van der Waals surface area (Å²) >= 11 is 0. The third-order valence-electron chi connectivity index (χ3n) is 7.44. The quantitative estimate of drug-likeness (QED) is 0.260. The van der Waals surface area contributed by atoms with Crippen molar-refractivity contribution in [3.05, 3.63) is 87.7 Å². The van der Waals surface area contributed by atoms with Crippen LogP contribution in [0.1, 0.15) is 42.2 Å². The molecule has 1 heterocycles. The van der Waals surface area contributed by atoms with Gasteiger partial charge in [-0.3, -0.25) is 9.59 Å². The van der Waals surface area contributed by atoms with E-state index in [4.69, 9.17) is 33.2 Å². The van der Waals surface area contributed by atoms with E-state index in [0.29, 0.717) is 11.1 Å². The first kappa shape index (κ1) is 33.1. The minimum absolute atomic E-state index is 0.101. The standard InChI is InChI=1S/C34H28O14/c1-15-7-21(37)27(22(8-15)46-29-19(31(39)44-5)11-17(35)13-25(29)42-3)33(41)47-23-9-16(2)10-24-28(23)30(38)34(48-24)20(32(40)45-6)12-18(36)14-26(34)43-4/h7-14,35,37H,1-6H3. The number of ether oxygens (including phenoxy) is 7. The molecule has 1 unspecified atom stereocenters. The molecule has 5 rings (SSSR count). The summed E-state index contributed by atoms with van der Waals surface area (Å²) in [7, 11) is 4.61. The van der Waals surface area contributed by atoms with Gasteiger partial charge in [0.05, 0.1) is 28.4 Å². The van der Waals surface area contributed by atoms with Crippen molar-refractivity contribution < 1.29 is 67.3 Å². The van der Waals surface area contributed by atoms with Crippen LogP contribution in [-0.2, 0) is 23.8 Å². The van der Waals surface area contributed by atoms with Crippen molar-refractivity contribution in [1.82, 2.24) is 0 Å². The number of benzene rings is 3. The number of methoxy groups -OCH3 is 4. The van der Waals surface area contributed by atoms with Crippen molar-refractivity contribution in [2.75, 3.05) is 28.4 Å². The molecule has 1 spiro atoms. The summed E-state index contributed by atoms with van der Waals surface area (Å²) in [6.45, 7) is 3.22. The minimum Gasteiger partial charge on any atom is -0.508 e. The Kier molecular flexibility index (Phi) is 8.59. The van der Waals surface area contributed by atoms with Gasteiger partial charge in [-0.05, 0) is 55.3 Å². The van der Waals surface area contributed by atoms with Crippen molar-refractivity contribution in [1.29, 1.82) is 0 Å². The van der Waals surface area contributed by atoms with Gasteiger partial charge in [-0.2, -0.15) is 0 Å². The molecule has 3 aromatic rings. The highest BCUT2D eigenvalue weighted by Crippen LogP contribution is 2.50. The van der Waals surface area contributed by atoms with Gasteiger partial charge in [-0.25, -0.2) is 14.4 Å². The number of rotatable bonds is 8. The maximum absolute atomic E-state index is 14.2. The molecule has 248 valence electrons. The van der Waals surface area contributed by atoms with Gasteiger partial charge in [0.1, 0.15) is 51.0 Å². The summed E-state index contributed by atoms with van der Waals surface area (Å²) in [6, 6.07) is 7.66. The molecule has 1 atom stereocenters. The third kappa shape index (κ3) is 5.42. The van der Waals surface area contributed by atoms with Gasteiger partial charge in [-0.1, -0.05) is 0 Å². The molecule has 2 aliphatic rings. The van der Waals surface area contributed by atoms with Crippen molar-refractivity contribution >= 4 is 29.5 Å². The topological polar surface area (TPSA) is 190 Å². The summed E-state index contributed by atoms with van der Waals surface area (Å²) in [5.41, 5.74) is -2.88. The van der Waals surface area contributed by atoms with Crippen LogP contribution < -0.4 is 18.9 Å². The Balaban J connectivity index is 1.61. The maximum atomic E-state index is 14.2. The number of allylic oxidation sites excluding steroid dienone is 2. The first-order valence-electron chi connectivity index (χ1n) is 14.0. The van der Waals surface area contributed by atoms with Crippen molar-refractivity contribution in [2.24, 2.45) is 0 Å². The van der Waals surface area contributed by atoms with Crippen LogP contribution in [0, 0.1) is 13.8 Å². The van der Waals surface area contributed by atoms with E-state index in [1.165, 1.54) is 38.5 Å². The summed E-state index contributed by atoms with van der Waals surface area (Å²) in [6.07, 6.45) is 1.88. The van der Waals surface area contributed by atoms with E-state index in [1.54, 1.807) is 13.8 Å². The van der Waals surface area contributed by atoms with Gasteiger partial charge in [-0.15, -0.1) is 0 Å². The Hall–Kier alpha value is -6.31. The lowest BCUT2D eigenvalue weighted by Gasteiger charge is -2.31. The Morgan fingerprint density at radius 3 is 2.06 bits per heavy atom. The molecule has 0 bridgehead atoms. The largest absolute Gasteiger partial charge is 0.508 e. The van der Waals surface area contributed by atoms with Crippen LogP contribution in [0.2, 0.25) is 0 Å². The molecule has 1 aliphatic carbocycles. The second-order valence-electron chi connectivity index (χ2n) is 10.6. The number of ketones is 2. The fourth-order valence-electron chi connectivity index (χ4n) is 5.38. The lowest BCUT2D eigenvalue weighted by molar-refractivity contribution is -0.138. The lowest BCUT2D eigenvalue weighted by atomic mass is 9.81. The van der Waals surface area contributed by atoms with Crippen LogP contribution in [0.3, 0.4) is 0 Å². The average Bonchev–Trinajstić information content (AvgIpc) is 3.32. The smallest absolute Gasteiger partial charge is 0.351 e. The number of esters is 3. The number of carbonyl (C=O) groups excluding carboxylic acids is 5. The highest BCUT2D eigenvalue weighted by molar-refractivity contribution is 6.22. The fourth-order valence-corrected chi connectivity index (χ4v) is 5.38. The zero-order chi connectivity index (χ0) is 35.1. The van der Waals surface area contributed by atoms with Crippen molar-refractivity contribution in [3.63, 3.8) is 0 Å². The molecule has 14 nitrogen and oxygen atoms in total. The Morgan fingerprint density at radius 2 is 1.42 bits per heavy atom. The minimum atomic E-state index is -2.27. The fraction of sp³-hybridized carbons (Fsp3) is 0.206. The SMILES string of the molecule is COC(=O)C1=CC(=O)C=C(OC)C12Oc1cc(C)cc(OC(=O)c3c(O)cc(C)cc3Oc3c(OC)cc(O)cc3C(=O)OC)c1C2=O. The molecular weight excluding hydrogens is 632 g/mol. The third-order valence-corrected chi connectivity index (χ3v) is 7.44. The van der Waals surface area contributed by atoms with Crippen LogP contribution in [0.4, 0.5) is 0 Å². The van der Waals surface area contributed by atoms with Crippen LogP contribution in [0.15, 0.2) is 59.9 Å². The highest BCUT2D eigenvalue weighted by Gasteiger charge is 2.60. The van der Waals surface area contributed by atoms with Gasteiger partial charge in [0.25, 0.3) is 5.60 Å². The summed E-state index contributed by atoms with van der Waals surface area (Å²) < 4.78 is 38.0. The van der Waals surface area contributed by atoms with E-state index in [9.17, 15) is 34.2 Å². The Morgan fingerprint density at radius 1 is 0.750 bits per heavy atom. The van der Waals surface area contributed by atoms with Crippen LogP contribution in [0.5, 0.6) is 40.2 Å². The number of fused-ring (bicyclic) bond motifs is 1. The van der Waals surface area contributed by atoms with E-state index < -0.39 is 52.0 Å². The van der Waals surface area contributed by atoms with Gasteiger partial charge < -0.3 is 43.4 Å². The highest BCUT2D eigenvalue weighted by atomic mass is 16.6. The van der Waals surface area contributed by atoms with Gasteiger partial charge >= 0.3 is 17.9 Å². The Bertz CT molecular complexity index is 1990. The van der Waals surface area contributed by atoms with Crippen LogP contribution in [-0.4, -0.2) is 73.7 Å². The van der Waals surface area contributed by atoms with Crippen LogP contribution in [0.25, 0.3) is 0 Å². The molecule has 0 radical (unpaired) electrons. The molecule has 3 aromatic carbocycles. The zero-order valence-electron chi connectivity index (χ0n) is 26.4. The molecule has 0 amide bonds. The van der Waals surface area contributed by atoms with Gasteiger partial charge in [0, 0.05) is 18.2 Å². The van der Waals surface area contributed by atoms with E-state index in [-0.39, 0.29) is 51.4 Å². The number of hydrogen-bond acceptors (Lipinski definition) is 14. The van der Waals surface area contributed by atoms with Crippen molar-refractivity contribution in [2.45, 2.75) is 19.4 Å². The molecule has 0 fully saturated rings. The normalized spacial score (nSPS) is 16.3. The number of aryl methyl sites for hydroxylation is 2. The predicted molar refractivity (Wildman–Crippen MR) is 163 cm³/mol. The first-order valence-corrected chi connectivity index (χ1v) is 14.0. The number of phenols is 2. The van der Waals surface area contributed by atoms with Crippen LogP contribution >= 0.6 is 0 Å². The number of phenolic OH excluding ortho intramolecular Hbond substituents is 2.